The molecular formula is C23H40O2. The second-order valence-electron chi connectivity index (χ2n) is 8.12. The summed E-state index contributed by atoms with van der Waals surface area (Å²) in [6.07, 6.45) is 19.3. The average molecular weight is 349 g/mol. The third kappa shape index (κ3) is 8.25. The van der Waals surface area contributed by atoms with E-state index in [1.165, 1.54) is 63.4 Å². The maximum atomic E-state index is 12.2. The van der Waals surface area contributed by atoms with Gasteiger partial charge in [-0.25, -0.2) is 4.79 Å². The first kappa shape index (κ1) is 22.0. The second-order valence-corrected chi connectivity index (χ2v) is 8.12. The standard InChI is InChI=1S/C23H40O2/c1-5-7-9-10-11-12-13-14-16-18-21-20(17-15-8-6-2)22(24)25-19-23(21,3)4/h16,18H,5-15,17,19H2,1-4H3/b18-16-. The molecule has 25 heavy (non-hydrogen) atoms. The van der Waals surface area contributed by atoms with Gasteiger partial charge in [-0.3, -0.25) is 0 Å². The van der Waals surface area contributed by atoms with E-state index in [0.29, 0.717) is 6.61 Å². The van der Waals surface area contributed by atoms with Gasteiger partial charge in [-0.2, -0.15) is 0 Å². The van der Waals surface area contributed by atoms with Gasteiger partial charge in [0, 0.05) is 11.0 Å². The summed E-state index contributed by atoms with van der Waals surface area (Å²) in [4.78, 5) is 12.2. The van der Waals surface area contributed by atoms with Crippen molar-refractivity contribution >= 4 is 5.97 Å². The first-order valence-corrected chi connectivity index (χ1v) is 10.6. The summed E-state index contributed by atoms with van der Waals surface area (Å²) in [6, 6.07) is 0. The highest BCUT2D eigenvalue weighted by molar-refractivity contribution is 5.91. The average Bonchev–Trinajstić information content (AvgIpc) is 2.58. The zero-order chi connectivity index (χ0) is 18.5. The Kier molecular flexibility index (Phi) is 10.8. The van der Waals surface area contributed by atoms with Crippen molar-refractivity contribution in [3.63, 3.8) is 0 Å². The van der Waals surface area contributed by atoms with Gasteiger partial charge in [0.15, 0.2) is 0 Å². The lowest BCUT2D eigenvalue weighted by Crippen LogP contribution is -2.31. The fourth-order valence-electron chi connectivity index (χ4n) is 3.46. The van der Waals surface area contributed by atoms with E-state index in [1.807, 2.05) is 0 Å². The van der Waals surface area contributed by atoms with E-state index >= 15 is 0 Å². The summed E-state index contributed by atoms with van der Waals surface area (Å²) in [7, 11) is 0. The molecule has 0 amide bonds. The molecule has 0 aromatic carbocycles. The van der Waals surface area contributed by atoms with E-state index in [4.69, 9.17) is 4.74 Å². The number of allylic oxidation sites excluding steroid dienone is 2. The van der Waals surface area contributed by atoms with E-state index < -0.39 is 0 Å². The Morgan fingerprint density at radius 2 is 1.52 bits per heavy atom. The SMILES string of the molecule is CCCCCCCCC/C=C\C1=C(CCCCC)C(=O)OCC1(C)C. The Balaban J connectivity index is 2.53. The fourth-order valence-corrected chi connectivity index (χ4v) is 3.46. The van der Waals surface area contributed by atoms with Crippen LogP contribution in [-0.2, 0) is 9.53 Å². The van der Waals surface area contributed by atoms with E-state index in [2.05, 4.69) is 39.8 Å². The Hall–Kier alpha value is -1.05. The van der Waals surface area contributed by atoms with Crippen molar-refractivity contribution in [1.82, 2.24) is 0 Å². The summed E-state index contributed by atoms with van der Waals surface area (Å²) in [5.41, 5.74) is 2.06. The molecule has 0 fully saturated rings. The zero-order valence-corrected chi connectivity index (χ0v) is 17.2. The van der Waals surface area contributed by atoms with Crippen LogP contribution in [0.15, 0.2) is 23.3 Å². The summed E-state index contributed by atoms with van der Waals surface area (Å²) < 4.78 is 5.43. The van der Waals surface area contributed by atoms with Gasteiger partial charge in [-0.15, -0.1) is 0 Å². The van der Waals surface area contributed by atoms with Gasteiger partial charge >= 0.3 is 5.97 Å². The molecule has 144 valence electrons. The quantitative estimate of drug-likeness (QED) is 0.261. The van der Waals surface area contributed by atoms with Crippen molar-refractivity contribution < 1.29 is 9.53 Å². The maximum Gasteiger partial charge on any atom is 0.334 e. The molecular weight excluding hydrogens is 308 g/mol. The minimum absolute atomic E-state index is 0.0634. The Morgan fingerprint density at radius 1 is 0.920 bits per heavy atom. The molecule has 0 N–H and O–H groups in total. The molecule has 0 bridgehead atoms. The van der Waals surface area contributed by atoms with Gasteiger partial charge in [-0.1, -0.05) is 91.2 Å². The molecule has 0 radical (unpaired) electrons. The van der Waals surface area contributed by atoms with Crippen molar-refractivity contribution in [2.24, 2.45) is 5.41 Å². The number of rotatable bonds is 13. The van der Waals surface area contributed by atoms with Crippen molar-refractivity contribution in [1.29, 1.82) is 0 Å². The lowest BCUT2D eigenvalue weighted by molar-refractivity contribution is -0.143. The van der Waals surface area contributed by atoms with E-state index in [-0.39, 0.29) is 11.4 Å². The Morgan fingerprint density at radius 3 is 2.20 bits per heavy atom. The number of esters is 1. The van der Waals surface area contributed by atoms with Crippen LogP contribution in [0, 0.1) is 5.41 Å². The molecule has 0 atom stereocenters. The predicted molar refractivity (Wildman–Crippen MR) is 108 cm³/mol. The van der Waals surface area contributed by atoms with Crippen molar-refractivity contribution in [2.75, 3.05) is 6.61 Å². The molecule has 2 nitrogen and oxygen atoms in total. The number of hydrogen-bond acceptors (Lipinski definition) is 2. The fraction of sp³-hybridized carbons (Fsp3) is 0.783. The smallest absolute Gasteiger partial charge is 0.334 e. The van der Waals surface area contributed by atoms with Crippen LogP contribution in [0.25, 0.3) is 0 Å². The van der Waals surface area contributed by atoms with Crippen molar-refractivity contribution in [3.05, 3.63) is 23.3 Å². The minimum Gasteiger partial charge on any atom is -0.461 e. The highest BCUT2D eigenvalue weighted by Crippen LogP contribution is 2.36. The van der Waals surface area contributed by atoms with Gasteiger partial charge in [0.2, 0.25) is 0 Å². The Bertz CT molecular complexity index is 443. The summed E-state index contributed by atoms with van der Waals surface area (Å²) >= 11 is 0. The van der Waals surface area contributed by atoms with Crippen LogP contribution in [0.1, 0.15) is 105 Å². The number of carbonyl (C=O) groups excluding carboxylic acids is 1. The van der Waals surface area contributed by atoms with Gasteiger partial charge < -0.3 is 4.74 Å². The lowest BCUT2D eigenvalue weighted by atomic mass is 9.79. The number of ether oxygens (including phenoxy) is 1. The third-order valence-electron chi connectivity index (χ3n) is 5.15. The molecule has 1 rings (SSSR count). The maximum absolute atomic E-state index is 12.2. The zero-order valence-electron chi connectivity index (χ0n) is 17.2. The lowest BCUT2D eigenvalue weighted by Gasteiger charge is -2.33. The molecule has 0 aromatic rings. The molecule has 0 aromatic heterocycles. The van der Waals surface area contributed by atoms with E-state index in [9.17, 15) is 4.79 Å². The summed E-state index contributed by atoms with van der Waals surface area (Å²) in [5, 5.41) is 0. The molecule has 0 aliphatic carbocycles. The van der Waals surface area contributed by atoms with Crippen molar-refractivity contribution in [2.45, 2.75) is 105 Å². The largest absolute Gasteiger partial charge is 0.461 e. The third-order valence-corrected chi connectivity index (χ3v) is 5.15. The molecule has 2 heteroatoms. The number of hydrogen-bond donors (Lipinski definition) is 0. The molecule has 0 spiro atoms. The normalized spacial score (nSPS) is 17.4. The highest BCUT2D eigenvalue weighted by atomic mass is 16.5. The van der Waals surface area contributed by atoms with E-state index in [0.717, 1.165) is 24.8 Å². The van der Waals surface area contributed by atoms with Crippen LogP contribution in [0.3, 0.4) is 0 Å². The molecule has 0 saturated carbocycles. The first-order chi connectivity index (χ1) is 12.0. The van der Waals surface area contributed by atoms with Gasteiger partial charge in [0.05, 0.1) is 0 Å². The van der Waals surface area contributed by atoms with Gasteiger partial charge in [0.25, 0.3) is 0 Å². The van der Waals surface area contributed by atoms with Crippen LogP contribution >= 0.6 is 0 Å². The first-order valence-electron chi connectivity index (χ1n) is 10.6. The monoisotopic (exact) mass is 348 g/mol. The predicted octanol–water partition coefficient (Wildman–Crippen LogP) is 7.14. The summed E-state index contributed by atoms with van der Waals surface area (Å²) in [5.74, 6) is -0.0917. The van der Waals surface area contributed by atoms with Crippen LogP contribution in [0.2, 0.25) is 0 Å². The second kappa shape index (κ2) is 12.3. The van der Waals surface area contributed by atoms with Gasteiger partial charge in [0.1, 0.15) is 6.61 Å². The molecule has 1 heterocycles. The minimum atomic E-state index is -0.0917. The van der Waals surface area contributed by atoms with Gasteiger partial charge in [-0.05, 0) is 31.3 Å². The highest BCUT2D eigenvalue weighted by Gasteiger charge is 2.33. The van der Waals surface area contributed by atoms with Crippen LogP contribution in [0.4, 0.5) is 0 Å². The van der Waals surface area contributed by atoms with Crippen LogP contribution < -0.4 is 0 Å². The van der Waals surface area contributed by atoms with Crippen molar-refractivity contribution in [3.8, 4) is 0 Å². The van der Waals surface area contributed by atoms with Crippen LogP contribution in [-0.4, -0.2) is 12.6 Å². The topological polar surface area (TPSA) is 26.3 Å². The molecule has 1 aliphatic heterocycles. The van der Waals surface area contributed by atoms with Crippen LogP contribution in [0.5, 0.6) is 0 Å². The molecule has 0 unspecified atom stereocenters. The summed E-state index contributed by atoms with van der Waals surface area (Å²) in [6.45, 7) is 9.33. The number of carbonyl (C=O) groups is 1. The number of unbranched alkanes of at least 4 members (excludes halogenated alkanes) is 9. The molecule has 1 aliphatic rings. The van der Waals surface area contributed by atoms with E-state index in [1.54, 1.807) is 0 Å². The number of cyclic esters (lactones) is 1. The Labute approximate surface area is 156 Å². The molecule has 0 saturated heterocycles.